The number of rotatable bonds is 3. The number of carbonyl (C=O) groups is 1. The van der Waals surface area contributed by atoms with Crippen molar-refractivity contribution in [1.29, 1.82) is 0 Å². The van der Waals surface area contributed by atoms with Crippen LogP contribution in [0, 0.1) is 0 Å². The molecule has 0 bridgehead atoms. The van der Waals surface area contributed by atoms with Crippen molar-refractivity contribution in [3.05, 3.63) is 17.7 Å². The summed E-state index contributed by atoms with van der Waals surface area (Å²) in [5, 5.41) is 9.24. The number of H-pyrrole nitrogens is 1. The summed E-state index contributed by atoms with van der Waals surface area (Å²) in [5.41, 5.74) is 0.412. The van der Waals surface area contributed by atoms with Crippen molar-refractivity contribution in [2.24, 2.45) is 0 Å². The van der Waals surface area contributed by atoms with Gasteiger partial charge in [0.05, 0.1) is 0 Å². The average Bonchev–Trinajstić information content (AvgIpc) is 3.03. The van der Waals surface area contributed by atoms with E-state index in [4.69, 9.17) is 0 Å². The van der Waals surface area contributed by atoms with Gasteiger partial charge in [-0.3, -0.25) is 4.79 Å². The van der Waals surface area contributed by atoms with E-state index in [2.05, 4.69) is 21.9 Å². The van der Waals surface area contributed by atoms with Crippen molar-refractivity contribution in [2.45, 2.75) is 37.0 Å². The Morgan fingerprint density at radius 2 is 2.17 bits per heavy atom. The van der Waals surface area contributed by atoms with Crippen molar-refractivity contribution in [3.63, 3.8) is 0 Å². The van der Waals surface area contributed by atoms with Gasteiger partial charge in [-0.2, -0.15) is 0 Å². The van der Waals surface area contributed by atoms with E-state index in [-0.39, 0.29) is 0 Å². The molecule has 0 spiro atoms. The van der Waals surface area contributed by atoms with E-state index in [1.165, 1.54) is 0 Å². The Kier molecular flexibility index (Phi) is 2.66. The van der Waals surface area contributed by atoms with Crippen LogP contribution in [0.25, 0.3) is 0 Å². The number of carboxylic acid groups (broad SMARTS) is 1. The van der Waals surface area contributed by atoms with E-state index in [1.807, 2.05) is 6.20 Å². The van der Waals surface area contributed by atoms with Crippen LogP contribution >= 0.6 is 0 Å². The molecule has 0 atom stereocenters. The number of piperidine rings is 1. The van der Waals surface area contributed by atoms with Crippen LogP contribution in [0.15, 0.2) is 6.20 Å². The highest BCUT2D eigenvalue weighted by Gasteiger charge is 2.54. The Bertz CT molecular complexity index is 457. The lowest BCUT2D eigenvalue weighted by atomic mass is 9.94. The summed E-state index contributed by atoms with van der Waals surface area (Å²) >= 11 is 0. The smallest absolute Gasteiger partial charge is 0.317 e. The molecule has 1 aliphatic heterocycles. The van der Waals surface area contributed by atoms with Crippen LogP contribution in [-0.4, -0.2) is 46.1 Å². The van der Waals surface area contributed by atoms with Crippen LogP contribution in [-0.2, 0) is 10.2 Å². The molecule has 0 aromatic carbocycles. The van der Waals surface area contributed by atoms with Crippen molar-refractivity contribution >= 4 is 5.97 Å². The number of nitrogens with zero attached hydrogens (tertiary/aromatic N) is 2. The second-order valence-electron chi connectivity index (χ2n) is 5.65. The monoisotopic (exact) mass is 249 g/mol. The zero-order valence-electron chi connectivity index (χ0n) is 10.6. The topological polar surface area (TPSA) is 69.2 Å². The summed E-state index contributed by atoms with van der Waals surface area (Å²) in [6.45, 7) is 2.20. The normalized spacial score (nSPS) is 24.1. The highest BCUT2D eigenvalue weighted by molar-refractivity contribution is 5.83. The van der Waals surface area contributed by atoms with Crippen LogP contribution in [0.3, 0.4) is 0 Å². The fraction of sp³-hybridized carbons (Fsp3) is 0.692. The molecule has 1 saturated carbocycles. The van der Waals surface area contributed by atoms with Gasteiger partial charge < -0.3 is 15.0 Å². The fourth-order valence-corrected chi connectivity index (χ4v) is 2.78. The molecule has 2 aliphatic rings. The first-order valence-electron chi connectivity index (χ1n) is 6.59. The molecule has 2 N–H and O–H groups in total. The molecular formula is C13H19N3O2. The molecule has 18 heavy (non-hydrogen) atoms. The van der Waals surface area contributed by atoms with Gasteiger partial charge in [0.25, 0.3) is 0 Å². The van der Waals surface area contributed by atoms with Crippen LogP contribution < -0.4 is 0 Å². The Labute approximate surface area is 106 Å². The van der Waals surface area contributed by atoms with Gasteiger partial charge in [0.2, 0.25) is 0 Å². The van der Waals surface area contributed by atoms with Gasteiger partial charge >= 0.3 is 5.97 Å². The molecule has 0 unspecified atom stereocenters. The summed E-state index contributed by atoms with van der Waals surface area (Å²) in [4.78, 5) is 21.2. The summed E-state index contributed by atoms with van der Waals surface area (Å²) in [6, 6.07) is 0. The van der Waals surface area contributed by atoms with E-state index in [9.17, 15) is 9.90 Å². The third-order valence-corrected chi connectivity index (χ3v) is 4.37. The molecule has 0 amide bonds. The number of imidazole rings is 1. The molecule has 98 valence electrons. The number of carboxylic acids is 1. The Hall–Kier alpha value is -1.36. The van der Waals surface area contributed by atoms with Crippen LogP contribution in [0.1, 0.15) is 43.1 Å². The van der Waals surface area contributed by atoms with Gasteiger partial charge in [0.1, 0.15) is 11.2 Å². The number of nitrogens with one attached hydrogen (secondary N) is 1. The van der Waals surface area contributed by atoms with Gasteiger partial charge in [0, 0.05) is 17.8 Å². The molecule has 1 saturated heterocycles. The first-order chi connectivity index (χ1) is 8.62. The first kappa shape index (κ1) is 11.7. The maximum absolute atomic E-state index is 11.2. The molecule has 3 rings (SSSR count). The highest BCUT2D eigenvalue weighted by atomic mass is 16.4. The van der Waals surface area contributed by atoms with Crippen LogP contribution in [0.4, 0.5) is 0 Å². The number of aromatic nitrogens is 2. The molecule has 1 aliphatic carbocycles. The fourth-order valence-electron chi connectivity index (χ4n) is 2.78. The van der Waals surface area contributed by atoms with Crippen molar-refractivity contribution < 1.29 is 9.90 Å². The van der Waals surface area contributed by atoms with Gasteiger partial charge in [-0.05, 0) is 45.8 Å². The molecule has 5 heteroatoms. The number of aromatic amines is 1. The third kappa shape index (κ3) is 1.82. The Balaban J connectivity index is 1.76. The number of aliphatic carboxylic acids is 1. The van der Waals surface area contributed by atoms with E-state index >= 15 is 0 Å². The van der Waals surface area contributed by atoms with Crippen molar-refractivity contribution in [3.8, 4) is 0 Å². The first-order valence-corrected chi connectivity index (χ1v) is 6.59. The second-order valence-corrected chi connectivity index (χ2v) is 5.65. The zero-order chi connectivity index (χ0) is 12.8. The van der Waals surface area contributed by atoms with Gasteiger partial charge in [-0.15, -0.1) is 0 Å². The number of likely N-dealkylation sites (tertiary alicyclic amines) is 1. The van der Waals surface area contributed by atoms with Crippen molar-refractivity contribution in [2.75, 3.05) is 20.1 Å². The maximum Gasteiger partial charge on any atom is 0.317 e. The minimum Gasteiger partial charge on any atom is -0.480 e. The minimum absolute atomic E-state index is 0.507. The van der Waals surface area contributed by atoms with Gasteiger partial charge in [-0.25, -0.2) is 4.98 Å². The van der Waals surface area contributed by atoms with E-state index in [0.29, 0.717) is 24.6 Å². The molecule has 1 aromatic rings. The molecule has 1 aromatic heterocycles. The Morgan fingerprint density at radius 1 is 1.50 bits per heavy atom. The quantitative estimate of drug-likeness (QED) is 0.848. The lowest BCUT2D eigenvalue weighted by Gasteiger charge is -2.28. The minimum atomic E-state index is -0.744. The lowest BCUT2D eigenvalue weighted by Crippen LogP contribution is -2.29. The van der Waals surface area contributed by atoms with E-state index in [1.54, 1.807) is 0 Å². The summed E-state index contributed by atoms with van der Waals surface area (Å²) < 4.78 is 0. The summed E-state index contributed by atoms with van der Waals surface area (Å²) in [7, 11) is 2.14. The van der Waals surface area contributed by atoms with Crippen molar-refractivity contribution in [1.82, 2.24) is 14.9 Å². The number of hydrogen-bond donors (Lipinski definition) is 2. The van der Waals surface area contributed by atoms with Crippen LogP contribution in [0.2, 0.25) is 0 Å². The van der Waals surface area contributed by atoms with Crippen LogP contribution in [0.5, 0.6) is 0 Å². The van der Waals surface area contributed by atoms with Gasteiger partial charge in [0.15, 0.2) is 0 Å². The van der Waals surface area contributed by atoms with E-state index in [0.717, 1.165) is 31.6 Å². The Morgan fingerprint density at radius 3 is 2.72 bits per heavy atom. The molecular weight excluding hydrogens is 230 g/mol. The molecule has 0 radical (unpaired) electrons. The predicted octanol–water partition coefficient (Wildman–Crippen LogP) is 1.34. The highest BCUT2D eigenvalue weighted by Crippen LogP contribution is 2.47. The largest absolute Gasteiger partial charge is 0.480 e. The molecule has 2 heterocycles. The lowest BCUT2D eigenvalue weighted by molar-refractivity contribution is -0.140. The molecule has 2 fully saturated rings. The van der Waals surface area contributed by atoms with Gasteiger partial charge in [-0.1, -0.05) is 0 Å². The summed E-state index contributed by atoms with van der Waals surface area (Å²) in [5.74, 6) is 0.419. The average molecular weight is 249 g/mol. The van der Waals surface area contributed by atoms with E-state index < -0.39 is 11.4 Å². The standard InChI is InChI=1S/C13H19N3O2/c1-16-6-2-9(3-7-16)10-8-14-11(15-10)13(4-5-13)12(17)18/h8-9H,2-7H2,1H3,(H,14,15)(H,17,18). The number of hydrogen-bond acceptors (Lipinski definition) is 3. The maximum atomic E-state index is 11.2. The zero-order valence-corrected chi connectivity index (χ0v) is 10.6. The predicted molar refractivity (Wildman–Crippen MR) is 66.6 cm³/mol. The molecule has 5 nitrogen and oxygen atoms in total. The SMILES string of the molecule is CN1CCC(c2cnc(C3(C(=O)O)CC3)[nH]2)CC1. The third-order valence-electron chi connectivity index (χ3n) is 4.37. The summed E-state index contributed by atoms with van der Waals surface area (Å²) in [6.07, 6.45) is 5.51. The second kappa shape index (κ2) is 4.09.